The molecule has 1 aliphatic heterocycles. The first-order valence-corrected chi connectivity index (χ1v) is 7.20. The fourth-order valence-corrected chi connectivity index (χ4v) is 1.96. The summed E-state index contributed by atoms with van der Waals surface area (Å²) in [6.45, 7) is 6.23. The first-order chi connectivity index (χ1) is 9.86. The largest absolute Gasteiger partial charge is 0.368 e. The topological polar surface area (TPSA) is 67.4 Å². The van der Waals surface area contributed by atoms with Crippen molar-refractivity contribution in [2.75, 3.05) is 17.2 Å². The first kappa shape index (κ1) is 15.5. The molecule has 1 aromatic carbocycles. The maximum atomic E-state index is 11.9. The molecular weight excluding hydrogens is 268 g/mol. The van der Waals surface area contributed by atoms with Crippen molar-refractivity contribution in [2.45, 2.75) is 39.7 Å². The first-order valence-electron chi connectivity index (χ1n) is 7.20. The van der Waals surface area contributed by atoms with Gasteiger partial charge in [-0.2, -0.15) is 0 Å². The van der Waals surface area contributed by atoms with Crippen molar-refractivity contribution in [3.63, 3.8) is 0 Å². The Morgan fingerprint density at radius 2 is 1.67 bits per heavy atom. The molecule has 5 nitrogen and oxygen atoms in total. The lowest BCUT2D eigenvalue weighted by Gasteiger charge is -2.18. The van der Waals surface area contributed by atoms with Crippen LogP contribution in [-0.4, -0.2) is 24.5 Å². The molecule has 21 heavy (non-hydrogen) atoms. The van der Waals surface area contributed by atoms with Crippen LogP contribution >= 0.6 is 0 Å². The smallest absolute Gasteiger partial charge is 0.253 e. The van der Waals surface area contributed by atoms with Crippen molar-refractivity contribution in [3.05, 3.63) is 24.3 Å². The van der Waals surface area contributed by atoms with Crippen molar-refractivity contribution in [3.8, 4) is 0 Å². The van der Waals surface area contributed by atoms with Gasteiger partial charge in [-0.3, -0.25) is 9.59 Å². The normalized spacial score (nSPS) is 18.3. The molecule has 0 bridgehead atoms. The van der Waals surface area contributed by atoms with Gasteiger partial charge in [0.1, 0.15) is 6.10 Å². The molecule has 1 aromatic rings. The summed E-state index contributed by atoms with van der Waals surface area (Å²) in [6.07, 6.45) is 1.35. The number of ether oxygens (including phenoxy) is 1. The van der Waals surface area contributed by atoms with Crippen LogP contribution in [0.15, 0.2) is 24.3 Å². The van der Waals surface area contributed by atoms with Crippen LogP contribution in [0.5, 0.6) is 0 Å². The van der Waals surface area contributed by atoms with Crippen LogP contribution in [0.4, 0.5) is 11.4 Å². The van der Waals surface area contributed by atoms with Gasteiger partial charge in [-0.05, 0) is 37.1 Å². The van der Waals surface area contributed by atoms with E-state index in [1.54, 1.807) is 24.3 Å². The zero-order chi connectivity index (χ0) is 15.5. The molecule has 0 spiro atoms. The van der Waals surface area contributed by atoms with E-state index >= 15 is 0 Å². The monoisotopic (exact) mass is 290 g/mol. The van der Waals surface area contributed by atoms with Gasteiger partial charge in [-0.15, -0.1) is 0 Å². The van der Waals surface area contributed by atoms with Gasteiger partial charge in [-0.25, -0.2) is 0 Å². The van der Waals surface area contributed by atoms with Gasteiger partial charge in [0, 0.05) is 23.4 Å². The minimum Gasteiger partial charge on any atom is -0.368 e. The van der Waals surface area contributed by atoms with Crippen molar-refractivity contribution in [2.24, 2.45) is 5.41 Å². The van der Waals surface area contributed by atoms with Crippen molar-refractivity contribution >= 4 is 23.2 Å². The Hall–Kier alpha value is -1.88. The second kappa shape index (κ2) is 6.26. The van der Waals surface area contributed by atoms with E-state index in [9.17, 15) is 9.59 Å². The Labute approximate surface area is 125 Å². The molecule has 114 valence electrons. The summed E-state index contributed by atoms with van der Waals surface area (Å²) in [5.74, 6) is -0.155. The van der Waals surface area contributed by atoms with Crippen LogP contribution in [0.1, 0.15) is 33.6 Å². The second-order valence-corrected chi connectivity index (χ2v) is 6.27. The molecule has 1 aliphatic rings. The molecule has 1 atom stereocenters. The highest BCUT2D eigenvalue weighted by Gasteiger charge is 2.23. The fourth-order valence-electron chi connectivity index (χ4n) is 1.96. The van der Waals surface area contributed by atoms with Crippen LogP contribution < -0.4 is 10.6 Å². The third-order valence-corrected chi connectivity index (χ3v) is 3.31. The molecule has 1 fully saturated rings. The average Bonchev–Trinajstić information content (AvgIpc) is 2.94. The minimum absolute atomic E-state index is 0.0429. The lowest BCUT2D eigenvalue weighted by atomic mass is 9.95. The summed E-state index contributed by atoms with van der Waals surface area (Å²) < 4.78 is 5.33. The Kier molecular flexibility index (Phi) is 4.63. The zero-order valence-electron chi connectivity index (χ0n) is 12.7. The summed E-state index contributed by atoms with van der Waals surface area (Å²) in [6, 6.07) is 7.08. The van der Waals surface area contributed by atoms with Crippen molar-refractivity contribution < 1.29 is 14.3 Å². The number of nitrogens with one attached hydrogen (secondary N) is 2. The molecule has 1 unspecified atom stereocenters. The van der Waals surface area contributed by atoms with Gasteiger partial charge in [-0.1, -0.05) is 20.8 Å². The van der Waals surface area contributed by atoms with Crippen LogP contribution in [0.25, 0.3) is 0 Å². The molecule has 0 radical (unpaired) electrons. The Balaban J connectivity index is 1.92. The molecule has 1 heterocycles. The molecule has 0 saturated carbocycles. The summed E-state index contributed by atoms with van der Waals surface area (Å²) in [5.41, 5.74) is 0.974. The number of carbonyl (C=O) groups excluding carboxylic acids is 2. The van der Waals surface area contributed by atoms with E-state index in [1.807, 2.05) is 20.8 Å². The zero-order valence-corrected chi connectivity index (χ0v) is 12.7. The van der Waals surface area contributed by atoms with Gasteiger partial charge < -0.3 is 15.4 Å². The van der Waals surface area contributed by atoms with Gasteiger partial charge >= 0.3 is 0 Å². The minimum atomic E-state index is -0.438. The predicted octanol–water partition coefficient (Wildman–Crippen LogP) is 2.79. The maximum Gasteiger partial charge on any atom is 0.253 e. The van der Waals surface area contributed by atoms with Crippen LogP contribution in [-0.2, 0) is 14.3 Å². The number of rotatable bonds is 3. The summed E-state index contributed by atoms with van der Waals surface area (Å²) >= 11 is 0. The Morgan fingerprint density at radius 3 is 2.14 bits per heavy atom. The Bertz CT molecular complexity index is 511. The van der Waals surface area contributed by atoms with E-state index < -0.39 is 5.41 Å². The molecule has 1 saturated heterocycles. The highest BCUT2D eigenvalue weighted by Crippen LogP contribution is 2.20. The lowest BCUT2D eigenvalue weighted by molar-refractivity contribution is -0.124. The number of anilines is 2. The van der Waals surface area contributed by atoms with Gasteiger partial charge in [0.25, 0.3) is 5.91 Å². The molecule has 2 N–H and O–H groups in total. The molecule has 5 heteroatoms. The molecule has 2 amide bonds. The standard InChI is InChI=1S/C16H22N2O3/c1-16(2,3)15(20)18-12-8-6-11(7-9-12)17-14(19)13-5-4-10-21-13/h6-9,13H,4-5,10H2,1-3H3,(H,17,19)(H,18,20). The molecule has 2 rings (SSSR count). The third kappa shape index (κ3) is 4.29. The van der Waals surface area contributed by atoms with Crippen LogP contribution in [0.2, 0.25) is 0 Å². The van der Waals surface area contributed by atoms with Crippen LogP contribution in [0.3, 0.4) is 0 Å². The van der Waals surface area contributed by atoms with Gasteiger partial charge in [0.05, 0.1) is 0 Å². The van der Waals surface area contributed by atoms with Crippen LogP contribution in [0, 0.1) is 5.41 Å². The fraction of sp³-hybridized carbons (Fsp3) is 0.500. The average molecular weight is 290 g/mol. The Morgan fingerprint density at radius 1 is 1.10 bits per heavy atom. The van der Waals surface area contributed by atoms with E-state index in [2.05, 4.69) is 10.6 Å². The molecule has 0 aliphatic carbocycles. The number of hydrogen-bond donors (Lipinski definition) is 2. The second-order valence-electron chi connectivity index (χ2n) is 6.27. The maximum absolute atomic E-state index is 11.9. The SMILES string of the molecule is CC(C)(C)C(=O)Nc1ccc(NC(=O)C2CCCO2)cc1. The van der Waals surface area contributed by atoms with E-state index in [4.69, 9.17) is 4.74 Å². The number of hydrogen-bond acceptors (Lipinski definition) is 3. The predicted molar refractivity (Wildman–Crippen MR) is 82.1 cm³/mol. The summed E-state index contributed by atoms with van der Waals surface area (Å²) in [7, 11) is 0. The summed E-state index contributed by atoms with van der Waals surface area (Å²) in [5, 5.41) is 5.66. The highest BCUT2D eigenvalue weighted by molar-refractivity contribution is 5.96. The van der Waals surface area contributed by atoms with Gasteiger partial charge in [0.2, 0.25) is 5.91 Å². The van der Waals surface area contributed by atoms with Crippen molar-refractivity contribution in [1.82, 2.24) is 0 Å². The van der Waals surface area contributed by atoms with E-state index in [1.165, 1.54) is 0 Å². The highest BCUT2D eigenvalue weighted by atomic mass is 16.5. The van der Waals surface area contributed by atoms with E-state index in [-0.39, 0.29) is 17.9 Å². The van der Waals surface area contributed by atoms with Crippen molar-refractivity contribution in [1.29, 1.82) is 0 Å². The van der Waals surface area contributed by atoms with E-state index in [0.29, 0.717) is 18.0 Å². The lowest BCUT2D eigenvalue weighted by Crippen LogP contribution is -2.28. The number of carbonyl (C=O) groups is 2. The molecular formula is C16H22N2O3. The summed E-state index contributed by atoms with van der Waals surface area (Å²) in [4.78, 5) is 23.8. The van der Waals surface area contributed by atoms with Gasteiger partial charge in [0.15, 0.2) is 0 Å². The number of benzene rings is 1. The molecule has 0 aromatic heterocycles. The third-order valence-electron chi connectivity index (χ3n) is 3.31. The van der Waals surface area contributed by atoms with E-state index in [0.717, 1.165) is 12.8 Å². The quantitative estimate of drug-likeness (QED) is 0.899. The number of amides is 2.